The zero-order chi connectivity index (χ0) is 19.9. The lowest BCUT2D eigenvalue weighted by atomic mass is 9.99. The lowest BCUT2D eigenvalue weighted by molar-refractivity contribution is -0.149. The summed E-state index contributed by atoms with van der Waals surface area (Å²) in [4.78, 5) is 45.2. The molecule has 0 radical (unpaired) electrons. The van der Waals surface area contributed by atoms with Crippen LogP contribution in [0.25, 0.3) is 11.2 Å². The van der Waals surface area contributed by atoms with E-state index in [1.54, 1.807) is 48.1 Å². The number of carbonyl (C=O) groups excluding carboxylic acids is 2. The summed E-state index contributed by atoms with van der Waals surface area (Å²) < 4.78 is 3.03. The number of amides is 2. The van der Waals surface area contributed by atoms with Crippen LogP contribution >= 0.6 is 11.3 Å². The van der Waals surface area contributed by atoms with Gasteiger partial charge in [0.05, 0.1) is 12.1 Å². The molecule has 0 unspecified atom stereocenters. The molecular formula is C19H21N5O3S. The molecule has 28 heavy (non-hydrogen) atoms. The molecule has 0 bridgehead atoms. The summed E-state index contributed by atoms with van der Waals surface area (Å²) >= 11 is 1.56. The zero-order valence-electron chi connectivity index (χ0n) is 15.7. The number of piperazine rings is 1. The van der Waals surface area contributed by atoms with Gasteiger partial charge >= 0.3 is 5.69 Å². The van der Waals surface area contributed by atoms with E-state index >= 15 is 0 Å². The van der Waals surface area contributed by atoms with Crippen molar-refractivity contribution in [2.75, 3.05) is 13.1 Å². The SMILES string of the molecule is CC1(C)C(=O)NCCN1C(=O)Cn1c(=O)n(Cc2cccs2)c2ncccc21. The molecule has 0 spiro atoms. The number of aromatic nitrogens is 3. The average Bonchev–Trinajstić information content (AvgIpc) is 3.27. The van der Waals surface area contributed by atoms with Gasteiger partial charge in [0, 0.05) is 24.2 Å². The van der Waals surface area contributed by atoms with Crippen LogP contribution in [0, 0.1) is 0 Å². The Morgan fingerprint density at radius 1 is 1.25 bits per heavy atom. The number of hydrogen-bond donors (Lipinski definition) is 1. The fourth-order valence-corrected chi connectivity index (χ4v) is 4.25. The summed E-state index contributed by atoms with van der Waals surface area (Å²) in [6.07, 6.45) is 1.64. The van der Waals surface area contributed by atoms with Crippen molar-refractivity contribution in [2.24, 2.45) is 0 Å². The van der Waals surface area contributed by atoms with Gasteiger partial charge in [0.2, 0.25) is 11.8 Å². The first-order valence-electron chi connectivity index (χ1n) is 9.05. The first-order valence-corrected chi connectivity index (χ1v) is 9.93. The van der Waals surface area contributed by atoms with Crippen LogP contribution in [0.2, 0.25) is 0 Å². The van der Waals surface area contributed by atoms with Crippen LogP contribution < -0.4 is 11.0 Å². The molecule has 8 nitrogen and oxygen atoms in total. The van der Waals surface area contributed by atoms with E-state index in [1.807, 2.05) is 17.5 Å². The van der Waals surface area contributed by atoms with E-state index in [1.165, 1.54) is 9.47 Å². The Hall–Kier alpha value is -2.94. The summed E-state index contributed by atoms with van der Waals surface area (Å²) in [5.74, 6) is -0.456. The lowest BCUT2D eigenvalue weighted by Gasteiger charge is -2.41. The quantitative estimate of drug-likeness (QED) is 0.710. The summed E-state index contributed by atoms with van der Waals surface area (Å²) in [6, 6.07) is 7.43. The molecule has 0 aliphatic carbocycles. The van der Waals surface area contributed by atoms with E-state index in [2.05, 4.69) is 10.3 Å². The van der Waals surface area contributed by atoms with E-state index in [-0.39, 0.29) is 24.0 Å². The van der Waals surface area contributed by atoms with Crippen molar-refractivity contribution in [3.63, 3.8) is 0 Å². The third-order valence-electron chi connectivity index (χ3n) is 5.11. The first kappa shape index (κ1) is 18.4. The number of nitrogens with one attached hydrogen (secondary N) is 1. The normalized spacial score (nSPS) is 16.4. The zero-order valence-corrected chi connectivity index (χ0v) is 16.5. The largest absolute Gasteiger partial charge is 0.352 e. The topological polar surface area (TPSA) is 89.2 Å². The summed E-state index contributed by atoms with van der Waals surface area (Å²) in [6.45, 7) is 4.52. The van der Waals surface area contributed by atoms with E-state index < -0.39 is 5.54 Å². The van der Waals surface area contributed by atoms with Gasteiger partial charge in [-0.05, 0) is 37.4 Å². The molecule has 1 aliphatic heterocycles. The number of rotatable bonds is 4. The Morgan fingerprint density at radius 3 is 2.82 bits per heavy atom. The van der Waals surface area contributed by atoms with Crippen LogP contribution in [-0.2, 0) is 22.7 Å². The maximum absolute atomic E-state index is 13.1. The van der Waals surface area contributed by atoms with E-state index in [9.17, 15) is 14.4 Å². The summed E-state index contributed by atoms with van der Waals surface area (Å²) in [5, 5.41) is 4.73. The van der Waals surface area contributed by atoms with Crippen molar-refractivity contribution in [3.05, 3.63) is 51.2 Å². The van der Waals surface area contributed by atoms with Crippen LogP contribution in [0.3, 0.4) is 0 Å². The Kier molecular flexibility index (Phi) is 4.54. The highest BCUT2D eigenvalue weighted by molar-refractivity contribution is 7.09. The first-order chi connectivity index (χ1) is 13.4. The van der Waals surface area contributed by atoms with Crippen LogP contribution in [0.1, 0.15) is 18.7 Å². The van der Waals surface area contributed by atoms with E-state index in [0.29, 0.717) is 30.8 Å². The van der Waals surface area contributed by atoms with Crippen LogP contribution in [-0.4, -0.2) is 49.5 Å². The predicted octanol–water partition coefficient (Wildman–Crippen LogP) is 1.04. The van der Waals surface area contributed by atoms with Crippen LogP contribution in [0.5, 0.6) is 0 Å². The van der Waals surface area contributed by atoms with Gasteiger partial charge in [-0.15, -0.1) is 11.3 Å². The van der Waals surface area contributed by atoms with Crippen molar-refractivity contribution in [2.45, 2.75) is 32.5 Å². The third-order valence-corrected chi connectivity index (χ3v) is 5.98. The Bertz CT molecular complexity index is 1100. The molecular weight excluding hydrogens is 378 g/mol. The molecule has 0 aromatic carbocycles. The molecule has 3 aromatic rings. The highest BCUT2D eigenvalue weighted by Gasteiger charge is 2.40. The summed E-state index contributed by atoms with van der Waals surface area (Å²) in [5.41, 5.74) is -0.0808. The molecule has 4 rings (SSSR count). The van der Waals surface area contributed by atoms with Gasteiger partial charge in [-0.1, -0.05) is 6.07 Å². The highest BCUT2D eigenvalue weighted by Crippen LogP contribution is 2.20. The molecule has 1 N–H and O–H groups in total. The second-order valence-electron chi connectivity index (χ2n) is 7.24. The second kappa shape index (κ2) is 6.90. The molecule has 1 aliphatic rings. The molecule has 1 fully saturated rings. The van der Waals surface area contributed by atoms with E-state index in [4.69, 9.17) is 0 Å². The molecule has 3 aromatic heterocycles. The highest BCUT2D eigenvalue weighted by atomic mass is 32.1. The monoisotopic (exact) mass is 399 g/mol. The van der Waals surface area contributed by atoms with Crippen LogP contribution in [0.4, 0.5) is 0 Å². The fourth-order valence-electron chi connectivity index (χ4n) is 3.56. The Morgan fingerprint density at radius 2 is 2.07 bits per heavy atom. The third kappa shape index (κ3) is 3.01. The molecule has 1 saturated heterocycles. The standard InChI is InChI=1S/C19H21N5O3S/c1-19(2)17(26)21-8-9-24(19)15(25)12-22-14-6-3-7-20-16(14)23(18(22)27)11-13-5-4-10-28-13/h3-7,10H,8-9,11-12H2,1-2H3,(H,21,26). The Balaban J connectivity index is 1.71. The van der Waals surface area contributed by atoms with Gasteiger partial charge in [0.25, 0.3) is 0 Å². The fraction of sp³-hybridized carbons (Fsp3) is 0.368. The average molecular weight is 399 g/mol. The summed E-state index contributed by atoms with van der Waals surface area (Å²) in [7, 11) is 0. The lowest BCUT2D eigenvalue weighted by Crippen LogP contribution is -2.64. The van der Waals surface area contributed by atoms with Crippen molar-refractivity contribution in [3.8, 4) is 0 Å². The molecule has 0 atom stereocenters. The number of imidazole rings is 1. The number of thiophene rings is 1. The second-order valence-corrected chi connectivity index (χ2v) is 8.27. The minimum atomic E-state index is -0.952. The van der Waals surface area contributed by atoms with Crippen molar-refractivity contribution >= 4 is 34.3 Å². The number of fused-ring (bicyclic) bond motifs is 1. The molecule has 146 valence electrons. The predicted molar refractivity (Wildman–Crippen MR) is 106 cm³/mol. The molecule has 2 amide bonds. The minimum absolute atomic E-state index is 0.130. The minimum Gasteiger partial charge on any atom is -0.352 e. The molecule has 9 heteroatoms. The maximum atomic E-state index is 13.1. The van der Waals surface area contributed by atoms with Crippen LogP contribution in [0.15, 0.2) is 40.6 Å². The van der Waals surface area contributed by atoms with Crippen molar-refractivity contribution in [1.29, 1.82) is 0 Å². The van der Waals surface area contributed by atoms with Gasteiger partial charge in [0.15, 0.2) is 5.65 Å². The molecule has 0 saturated carbocycles. The van der Waals surface area contributed by atoms with Gasteiger partial charge in [0.1, 0.15) is 12.1 Å². The smallest absolute Gasteiger partial charge is 0.331 e. The van der Waals surface area contributed by atoms with Crippen molar-refractivity contribution in [1.82, 2.24) is 24.3 Å². The number of pyridine rings is 1. The van der Waals surface area contributed by atoms with Gasteiger partial charge in [-0.25, -0.2) is 9.78 Å². The van der Waals surface area contributed by atoms with Gasteiger partial charge < -0.3 is 10.2 Å². The van der Waals surface area contributed by atoms with Crippen molar-refractivity contribution < 1.29 is 9.59 Å². The van der Waals surface area contributed by atoms with Gasteiger partial charge in [-0.2, -0.15) is 0 Å². The number of carbonyl (C=O) groups is 2. The Labute approximate surface area is 165 Å². The van der Waals surface area contributed by atoms with Gasteiger partial charge in [-0.3, -0.25) is 18.7 Å². The van der Waals surface area contributed by atoms with E-state index in [0.717, 1.165) is 4.88 Å². The number of hydrogen-bond acceptors (Lipinski definition) is 5. The maximum Gasteiger partial charge on any atom is 0.331 e. The molecule has 4 heterocycles. The number of nitrogens with zero attached hydrogens (tertiary/aromatic N) is 4.